The Bertz CT molecular complexity index is 1520. The predicted molar refractivity (Wildman–Crippen MR) is 216 cm³/mol. The number of carbonyl (C=O) groups is 5. The lowest BCUT2D eigenvalue weighted by Gasteiger charge is -2.25. The second-order valence-corrected chi connectivity index (χ2v) is 17.7. The maximum atomic E-state index is 12.5. The van der Waals surface area contributed by atoms with E-state index in [1.807, 2.05) is 38.1 Å². The van der Waals surface area contributed by atoms with Crippen LogP contribution in [-0.4, -0.2) is 60.7 Å². The molecular weight excluding hydrogens is 700 g/mol. The third kappa shape index (κ3) is 21.9. The van der Waals surface area contributed by atoms with Crippen molar-refractivity contribution in [3.05, 3.63) is 70.8 Å². The SMILES string of the molecule is CC(C)OC(=O)c1ccc([C@@H](CCC(C)(C)C)NC(=O)CN)cc1.CC(C)OC(=O)c1ccc([C@@H](CCC(C)(C)C)NC(=O)CNC(=O)OC(C)(C)C)cc1. The maximum Gasteiger partial charge on any atom is 0.408 e. The molecule has 0 spiro atoms. The molecule has 55 heavy (non-hydrogen) atoms. The first-order valence-electron chi connectivity index (χ1n) is 19.2. The van der Waals surface area contributed by atoms with Crippen LogP contribution in [0.4, 0.5) is 4.79 Å². The first-order valence-corrected chi connectivity index (χ1v) is 19.2. The van der Waals surface area contributed by atoms with Crippen molar-refractivity contribution < 1.29 is 38.2 Å². The molecule has 0 bridgehead atoms. The van der Waals surface area contributed by atoms with Gasteiger partial charge in [0, 0.05) is 0 Å². The van der Waals surface area contributed by atoms with Gasteiger partial charge in [-0.3, -0.25) is 9.59 Å². The Morgan fingerprint density at radius 2 is 0.964 bits per heavy atom. The molecule has 12 nitrogen and oxygen atoms in total. The third-order valence-electron chi connectivity index (χ3n) is 7.80. The molecule has 308 valence electrons. The van der Waals surface area contributed by atoms with Gasteiger partial charge in [-0.1, -0.05) is 65.8 Å². The van der Waals surface area contributed by atoms with Crippen molar-refractivity contribution in [2.45, 2.75) is 146 Å². The summed E-state index contributed by atoms with van der Waals surface area (Å²) in [6.45, 7) is 25.2. The molecule has 0 fully saturated rings. The van der Waals surface area contributed by atoms with Gasteiger partial charge in [0.05, 0.1) is 42.0 Å². The quantitative estimate of drug-likeness (QED) is 0.104. The van der Waals surface area contributed by atoms with Crippen LogP contribution in [0, 0.1) is 10.8 Å². The van der Waals surface area contributed by atoms with E-state index in [2.05, 4.69) is 57.5 Å². The van der Waals surface area contributed by atoms with Crippen molar-refractivity contribution in [3.8, 4) is 0 Å². The summed E-state index contributed by atoms with van der Waals surface area (Å²) in [5.74, 6) is -1.21. The van der Waals surface area contributed by atoms with Crippen molar-refractivity contribution in [1.29, 1.82) is 0 Å². The van der Waals surface area contributed by atoms with Crippen LogP contribution in [0.3, 0.4) is 0 Å². The zero-order valence-corrected chi connectivity index (χ0v) is 35.5. The molecule has 0 aliphatic carbocycles. The largest absolute Gasteiger partial charge is 0.459 e. The van der Waals surface area contributed by atoms with Crippen LogP contribution in [-0.2, 0) is 23.8 Å². The molecule has 2 aromatic carbocycles. The summed E-state index contributed by atoms with van der Waals surface area (Å²) in [5, 5.41) is 8.41. The molecule has 5 N–H and O–H groups in total. The maximum absolute atomic E-state index is 12.5. The van der Waals surface area contributed by atoms with Gasteiger partial charge in [0.1, 0.15) is 12.1 Å². The molecule has 0 saturated heterocycles. The first-order chi connectivity index (χ1) is 25.3. The van der Waals surface area contributed by atoms with E-state index >= 15 is 0 Å². The molecule has 0 aliphatic rings. The molecule has 0 unspecified atom stereocenters. The molecule has 2 rings (SSSR count). The molecule has 2 atom stereocenters. The highest BCUT2D eigenvalue weighted by molar-refractivity contribution is 5.90. The summed E-state index contributed by atoms with van der Waals surface area (Å²) < 4.78 is 15.6. The number of benzene rings is 2. The van der Waals surface area contributed by atoms with Crippen LogP contribution in [0.5, 0.6) is 0 Å². The van der Waals surface area contributed by atoms with Crippen molar-refractivity contribution in [1.82, 2.24) is 16.0 Å². The Kier molecular flexibility index (Phi) is 19.6. The zero-order valence-electron chi connectivity index (χ0n) is 35.5. The Balaban J connectivity index is 0.000000568. The summed E-state index contributed by atoms with van der Waals surface area (Å²) in [7, 11) is 0. The molecule has 12 heteroatoms. The fourth-order valence-corrected chi connectivity index (χ4v) is 5.03. The van der Waals surface area contributed by atoms with Crippen LogP contribution < -0.4 is 21.7 Å². The van der Waals surface area contributed by atoms with Gasteiger partial charge in [-0.15, -0.1) is 0 Å². The number of carbonyl (C=O) groups excluding carboxylic acids is 5. The van der Waals surface area contributed by atoms with Crippen LogP contribution in [0.25, 0.3) is 0 Å². The predicted octanol–water partition coefficient (Wildman–Crippen LogP) is 7.95. The fraction of sp³-hybridized carbons (Fsp3) is 0.605. The van der Waals surface area contributed by atoms with E-state index in [1.54, 1.807) is 58.9 Å². The Labute approximate surface area is 329 Å². The normalized spacial score (nSPS) is 12.8. The minimum atomic E-state index is -0.637. The van der Waals surface area contributed by atoms with Gasteiger partial charge in [-0.05, 0) is 120 Å². The molecule has 0 aliphatic heterocycles. The monoisotopic (exact) mass is 769 g/mol. The minimum absolute atomic E-state index is 0.0369. The van der Waals surface area contributed by atoms with Gasteiger partial charge in [0.25, 0.3) is 0 Å². The van der Waals surface area contributed by atoms with E-state index < -0.39 is 11.7 Å². The second kappa shape index (κ2) is 22.2. The van der Waals surface area contributed by atoms with E-state index in [9.17, 15) is 24.0 Å². The summed E-state index contributed by atoms with van der Waals surface area (Å²) in [6, 6.07) is 13.9. The molecule has 3 amide bonds. The van der Waals surface area contributed by atoms with Gasteiger partial charge in [-0.2, -0.15) is 0 Å². The van der Waals surface area contributed by atoms with Crippen molar-refractivity contribution in [2.24, 2.45) is 16.6 Å². The number of rotatable bonds is 15. The van der Waals surface area contributed by atoms with Gasteiger partial charge in [-0.25, -0.2) is 14.4 Å². The van der Waals surface area contributed by atoms with E-state index in [0.717, 1.165) is 36.8 Å². The number of esters is 2. The van der Waals surface area contributed by atoms with Crippen molar-refractivity contribution in [2.75, 3.05) is 13.1 Å². The first kappa shape index (κ1) is 48.6. The van der Waals surface area contributed by atoms with Crippen LogP contribution >= 0.6 is 0 Å². The Morgan fingerprint density at radius 3 is 1.27 bits per heavy atom. The van der Waals surface area contributed by atoms with Crippen LogP contribution in [0.1, 0.15) is 160 Å². The summed E-state index contributed by atoms with van der Waals surface area (Å²) in [6.07, 6.45) is 2.39. The number of amides is 3. The van der Waals surface area contributed by atoms with Crippen LogP contribution in [0.2, 0.25) is 0 Å². The second-order valence-electron chi connectivity index (χ2n) is 17.7. The summed E-state index contributed by atoms with van der Waals surface area (Å²) in [4.78, 5) is 59.9. The molecule has 0 saturated carbocycles. The lowest BCUT2D eigenvalue weighted by atomic mass is 9.87. The highest BCUT2D eigenvalue weighted by Gasteiger charge is 2.22. The fourth-order valence-electron chi connectivity index (χ4n) is 5.03. The van der Waals surface area contributed by atoms with Crippen molar-refractivity contribution >= 4 is 29.8 Å². The number of alkyl carbamates (subject to hydrolysis) is 1. The van der Waals surface area contributed by atoms with E-state index in [4.69, 9.17) is 19.9 Å². The smallest absolute Gasteiger partial charge is 0.408 e. The number of hydrogen-bond acceptors (Lipinski definition) is 9. The standard InChI is InChI=1S/C24H38N2O5.C19H30N2O3/c1-16(2)30-21(28)18-11-9-17(10-12-18)19(13-14-23(3,4)5)26-20(27)15-25-22(29)31-24(6,7)8;1-13(2)24-18(23)15-8-6-14(7-9-15)16(21-17(22)12-20)10-11-19(3,4)5/h9-12,16,19H,13-15H2,1-8H3,(H,25,29)(H,26,27);6-9,13,16H,10-12,20H2,1-5H3,(H,21,22)/t19-;16-/m11/s1. The minimum Gasteiger partial charge on any atom is -0.459 e. The number of nitrogens with one attached hydrogen (secondary N) is 3. The lowest BCUT2D eigenvalue weighted by Crippen LogP contribution is -2.41. The average Bonchev–Trinajstić information content (AvgIpc) is 3.05. The Morgan fingerprint density at radius 1 is 0.600 bits per heavy atom. The number of ether oxygens (including phenoxy) is 3. The van der Waals surface area contributed by atoms with Gasteiger partial charge < -0.3 is 35.9 Å². The molecule has 0 aromatic heterocycles. The highest BCUT2D eigenvalue weighted by Crippen LogP contribution is 2.29. The van der Waals surface area contributed by atoms with E-state index in [1.165, 1.54) is 0 Å². The molecular formula is C43H68N4O8. The molecule has 0 heterocycles. The average molecular weight is 769 g/mol. The highest BCUT2D eigenvalue weighted by atomic mass is 16.6. The van der Waals surface area contributed by atoms with E-state index in [-0.39, 0.29) is 72.0 Å². The van der Waals surface area contributed by atoms with Gasteiger partial charge >= 0.3 is 18.0 Å². The van der Waals surface area contributed by atoms with Crippen molar-refractivity contribution in [3.63, 3.8) is 0 Å². The third-order valence-corrected chi connectivity index (χ3v) is 7.80. The number of nitrogens with two attached hydrogens (primary N) is 1. The lowest BCUT2D eigenvalue weighted by molar-refractivity contribution is -0.121. The molecule has 2 aromatic rings. The zero-order chi connectivity index (χ0) is 42.1. The topological polar surface area (TPSA) is 175 Å². The van der Waals surface area contributed by atoms with Crippen LogP contribution in [0.15, 0.2) is 48.5 Å². The Hall–Kier alpha value is -4.45. The van der Waals surface area contributed by atoms with Gasteiger partial charge in [0.15, 0.2) is 0 Å². The van der Waals surface area contributed by atoms with E-state index in [0.29, 0.717) is 11.1 Å². The molecule has 0 radical (unpaired) electrons. The summed E-state index contributed by atoms with van der Waals surface area (Å²) in [5.41, 5.74) is 7.87. The number of hydrogen-bond donors (Lipinski definition) is 4. The summed E-state index contributed by atoms with van der Waals surface area (Å²) >= 11 is 0. The van der Waals surface area contributed by atoms with Gasteiger partial charge in [0.2, 0.25) is 11.8 Å².